The molecule has 0 aliphatic carbocycles. The summed E-state index contributed by atoms with van der Waals surface area (Å²) in [5.74, 6) is 0.00432. The largest absolute Gasteiger partial charge is 0.388 e. The second-order valence-electron chi connectivity index (χ2n) is 4.57. The van der Waals surface area contributed by atoms with Crippen LogP contribution in [0.25, 0.3) is 0 Å². The Morgan fingerprint density at radius 2 is 1.63 bits per heavy atom. The number of aliphatic hydroxyl groups excluding tert-OH is 1. The molecule has 2 N–H and O–H groups in total. The number of likely N-dealkylation sites (N-methyl/N-ethyl adjacent to an activating group) is 1. The zero-order chi connectivity index (χ0) is 13.7. The number of benzene rings is 2. The van der Waals surface area contributed by atoms with Gasteiger partial charge in [0.05, 0.1) is 6.10 Å². The first kappa shape index (κ1) is 14.1. The SMILES string of the molecule is CNCC(c1ccc(Cl)cc1)[C@H](O)c1ccccc1. The molecule has 2 atom stereocenters. The first-order valence-corrected chi connectivity index (χ1v) is 6.73. The summed E-state index contributed by atoms with van der Waals surface area (Å²) in [6.45, 7) is 0.706. The summed E-state index contributed by atoms with van der Waals surface area (Å²) >= 11 is 5.91. The van der Waals surface area contributed by atoms with Crippen LogP contribution in [0.1, 0.15) is 23.1 Å². The van der Waals surface area contributed by atoms with E-state index in [4.69, 9.17) is 11.6 Å². The van der Waals surface area contributed by atoms with Crippen LogP contribution in [0, 0.1) is 0 Å². The number of halogens is 1. The molecular weight excluding hydrogens is 258 g/mol. The number of hydrogen-bond donors (Lipinski definition) is 2. The average molecular weight is 276 g/mol. The molecule has 0 bridgehead atoms. The minimum Gasteiger partial charge on any atom is -0.388 e. The number of aliphatic hydroxyl groups is 1. The minimum atomic E-state index is -0.533. The van der Waals surface area contributed by atoms with Gasteiger partial charge in [0.1, 0.15) is 0 Å². The third-order valence-electron chi connectivity index (χ3n) is 3.24. The molecule has 100 valence electrons. The van der Waals surface area contributed by atoms with Crippen molar-refractivity contribution >= 4 is 11.6 Å². The molecule has 3 heteroatoms. The van der Waals surface area contributed by atoms with Crippen LogP contribution in [0.2, 0.25) is 5.02 Å². The summed E-state index contributed by atoms with van der Waals surface area (Å²) < 4.78 is 0. The lowest BCUT2D eigenvalue weighted by atomic mass is 9.89. The fourth-order valence-corrected chi connectivity index (χ4v) is 2.35. The maximum Gasteiger partial charge on any atom is 0.0870 e. The Labute approximate surface area is 119 Å². The molecule has 0 amide bonds. The van der Waals surface area contributed by atoms with E-state index in [1.807, 2.05) is 61.6 Å². The molecule has 0 spiro atoms. The van der Waals surface area contributed by atoms with Crippen molar-refractivity contribution in [2.75, 3.05) is 13.6 Å². The molecule has 2 nitrogen and oxygen atoms in total. The molecule has 2 rings (SSSR count). The van der Waals surface area contributed by atoms with Gasteiger partial charge in [0, 0.05) is 17.5 Å². The van der Waals surface area contributed by atoms with E-state index in [1.54, 1.807) is 0 Å². The zero-order valence-corrected chi connectivity index (χ0v) is 11.6. The van der Waals surface area contributed by atoms with Crippen LogP contribution in [0.5, 0.6) is 0 Å². The van der Waals surface area contributed by atoms with Crippen LogP contribution < -0.4 is 5.32 Å². The van der Waals surface area contributed by atoms with Crippen molar-refractivity contribution in [3.05, 3.63) is 70.7 Å². The maximum atomic E-state index is 10.6. The molecule has 0 heterocycles. The van der Waals surface area contributed by atoms with Crippen molar-refractivity contribution in [1.29, 1.82) is 0 Å². The van der Waals surface area contributed by atoms with Gasteiger partial charge in [-0.2, -0.15) is 0 Å². The van der Waals surface area contributed by atoms with Crippen molar-refractivity contribution in [3.8, 4) is 0 Å². The lowest BCUT2D eigenvalue weighted by molar-refractivity contribution is 0.144. The molecule has 0 fully saturated rings. The van der Waals surface area contributed by atoms with Gasteiger partial charge in [0.15, 0.2) is 0 Å². The average Bonchev–Trinajstić information content (AvgIpc) is 2.46. The molecule has 0 aromatic heterocycles. The Hall–Kier alpha value is -1.35. The summed E-state index contributed by atoms with van der Waals surface area (Å²) in [6, 6.07) is 17.4. The van der Waals surface area contributed by atoms with Crippen LogP contribution in [0.3, 0.4) is 0 Å². The van der Waals surface area contributed by atoms with E-state index in [9.17, 15) is 5.11 Å². The lowest BCUT2D eigenvalue weighted by Gasteiger charge is -2.23. The van der Waals surface area contributed by atoms with Gasteiger partial charge in [0.2, 0.25) is 0 Å². The van der Waals surface area contributed by atoms with Gasteiger partial charge in [0.25, 0.3) is 0 Å². The van der Waals surface area contributed by atoms with E-state index in [1.165, 1.54) is 0 Å². The van der Waals surface area contributed by atoms with Gasteiger partial charge in [-0.25, -0.2) is 0 Å². The first-order chi connectivity index (χ1) is 9.22. The number of rotatable bonds is 5. The van der Waals surface area contributed by atoms with Gasteiger partial charge in [-0.3, -0.25) is 0 Å². The molecule has 1 unspecified atom stereocenters. The molecule has 0 aliphatic rings. The molecule has 0 saturated heterocycles. The standard InChI is InChI=1S/C16H18ClNO/c1-18-11-15(12-7-9-14(17)10-8-12)16(19)13-5-3-2-4-6-13/h2-10,15-16,18-19H,11H2,1H3/t15?,16-/m1/s1. The Bertz CT molecular complexity index is 498. The van der Waals surface area contributed by atoms with Crippen LogP contribution in [0.15, 0.2) is 54.6 Å². The smallest absolute Gasteiger partial charge is 0.0870 e. The third kappa shape index (κ3) is 3.57. The zero-order valence-electron chi connectivity index (χ0n) is 10.9. The number of hydrogen-bond acceptors (Lipinski definition) is 2. The van der Waals surface area contributed by atoms with E-state index in [0.717, 1.165) is 11.1 Å². The van der Waals surface area contributed by atoms with Crippen molar-refractivity contribution in [1.82, 2.24) is 5.32 Å². The molecule has 19 heavy (non-hydrogen) atoms. The Kier molecular flexibility index (Phi) is 4.97. The highest BCUT2D eigenvalue weighted by Crippen LogP contribution is 2.30. The summed E-state index contributed by atoms with van der Waals surface area (Å²) in [5, 5.41) is 14.4. The Morgan fingerprint density at radius 3 is 2.21 bits per heavy atom. The normalized spacial score (nSPS) is 14.1. The Morgan fingerprint density at radius 1 is 1.00 bits per heavy atom. The Balaban J connectivity index is 2.27. The minimum absolute atomic E-state index is 0.00432. The summed E-state index contributed by atoms with van der Waals surface area (Å²) in [4.78, 5) is 0. The van der Waals surface area contributed by atoms with E-state index >= 15 is 0 Å². The highest BCUT2D eigenvalue weighted by Gasteiger charge is 2.21. The van der Waals surface area contributed by atoms with E-state index in [0.29, 0.717) is 11.6 Å². The van der Waals surface area contributed by atoms with Gasteiger partial charge in [-0.05, 0) is 30.3 Å². The van der Waals surface area contributed by atoms with Gasteiger partial charge in [-0.15, -0.1) is 0 Å². The topological polar surface area (TPSA) is 32.3 Å². The quantitative estimate of drug-likeness (QED) is 0.877. The van der Waals surface area contributed by atoms with Crippen molar-refractivity contribution in [3.63, 3.8) is 0 Å². The van der Waals surface area contributed by atoms with E-state index in [2.05, 4.69) is 5.32 Å². The monoisotopic (exact) mass is 275 g/mol. The highest BCUT2D eigenvalue weighted by atomic mass is 35.5. The molecule has 2 aromatic carbocycles. The van der Waals surface area contributed by atoms with Crippen molar-refractivity contribution < 1.29 is 5.11 Å². The second kappa shape index (κ2) is 6.71. The summed E-state index contributed by atoms with van der Waals surface area (Å²) in [7, 11) is 1.89. The predicted molar refractivity (Wildman–Crippen MR) is 79.5 cm³/mol. The summed E-state index contributed by atoms with van der Waals surface area (Å²) in [5.41, 5.74) is 2.01. The van der Waals surface area contributed by atoms with Crippen molar-refractivity contribution in [2.24, 2.45) is 0 Å². The highest BCUT2D eigenvalue weighted by molar-refractivity contribution is 6.30. The van der Waals surface area contributed by atoms with Gasteiger partial charge >= 0.3 is 0 Å². The molecule has 0 aliphatic heterocycles. The lowest BCUT2D eigenvalue weighted by Crippen LogP contribution is -2.23. The fraction of sp³-hybridized carbons (Fsp3) is 0.250. The molecule has 0 radical (unpaired) electrons. The predicted octanol–water partition coefficient (Wildman–Crippen LogP) is 3.38. The van der Waals surface area contributed by atoms with E-state index < -0.39 is 6.10 Å². The fourth-order valence-electron chi connectivity index (χ4n) is 2.22. The molecular formula is C16H18ClNO. The van der Waals surface area contributed by atoms with Crippen LogP contribution in [-0.2, 0) is 0 Å². The molecule has 2 aromatic rings. The van der Waals surface area contributed by atoms with Crippen LogP contribution in [0.4, 0.5) is 0 Å². The maximum absolute atomic E-state index is 10.6. The number of nitrogens with one attached hydrogen (secondary N) is 1. The van der Waals surface area contributed by atoms with Gasteiger partial charge < -0.3 is 10.4 Å². The van der Waals surface area contributed by atoms with Crippen molar-refractivity contribution in [2.45, 2.75) is 12.0 Å². The van der Waals surface area contributed by atoms with Gasteiger partial charge in [-0.1, -0.05) is 54.1 Å². The van der Waals surface area contributed by atoms with E-state index in [-0.39, 0.29) is 5.92 Å². The second-order valence-corrected chi connectivity index (χ2v) is 5.01. The van der Waals surface area contributed by atoms with Crippen LogP contribution in [-0.4, -0.2) is 18.7 Å². The summed E-state index contributed by atoms with van der Waals surface area (Å²) in [6.07, 6.45) is -0.533. The molecule has 0 saturated carbocycles. The first-order valence-electron chi connectivity index (χ1n) is 6.35. The van der Waals surface area contributed by atoms with Crippen LogP contribution >= 0.6 is 11.6 Å². The third-order valence-corrected chi connectivity index (χ3v) is 3.50.